The van der Waals surface area contributed by atoms with Gasteiger partial charge in [-0.15, -0.1) is 21.5 Å². The second-order valence-corrected chi connectivity index (χ2v) is 12.6. The Morgan fingerprint density at radius 3 is 2.19 bits per heavy atom. The number of aryl methyl sites for hydroxylation is 2. The maximum Gasteiger partial charge on any atom is 0.320 e. The topological polar surface area (TPSA) is 81.2 Å². The molecule has 32 heavy (non-hydrogen) atoms. The monoisotopic (exact) mass is 453 g/mol. The normalized spacial score (nSPS) is 26.1. The maximum atomic E-state index is 12.9. The van der Waals surface area contributed by atoms with Gasteiger partial charge in [-0.3, -0.25) is 4.90 Å². The van der Waals surface area contributed by atoms with Gasteiger partial charge in [-0.25, -0.2) is 9.78 Å². The Labute approximate surface area is 192 Å². The Kier molecular flexibility index (Phi) is 3.97. The molecule has 5 heterocycles. The van der Waals surface area contributed by atoms with E-state index in [4.69, 9.17) is 0 Å². The molecule has 0 aromatic carbocycles. The van der Waals surface area contributed by atoms with Crippen molar-refractivity contribution in [3.05, 3.63) is 27.2 Å². The molecule has 3 saturated heterocycles. The van der Waals surface area contributed by atoms with E-state index in [0.29, 0.717) is 22.7 Å². The van der Waals surface area contributed by atoms with Gasteiger partial charge in [0.25, 0.3) is 0 Å². The number of hydrogen-bond acceptors (Lipinski definition) is 6. The maximum absolute atomic E-state index is 12.9. The Hall–Kier alpha value is -2.00. The standard InChI is InChI=1S/C23H31N7OS/c1-14-18(32-15(2)24-14)7-28-8-23(9-28)12-30(13-23)21(31)29-10-22(11-29)5-17(6-22)20-25-19(26-27-20)16-3-4-16/h16-17H,3-13H2,1-2H3,(H,25,26,27). The molecule has 2 spiro atoms. The number of thiazole rings is 1. The van der Waals surface area contributed by atoms with Crippen LogP contribution in [0, 0.1) is 24.7 Å². The molecule has 5 aliphatic rings. The number of aromatic amines is 1. The van der Waals surface area contributed by atoms with Gasteiger partial charge < -0.3 is 14.8 Å². The highest BCUT2D eigenvalue weighted by atomic mass is 32.1. The van der Waals surface area contributed by atoms with Gasteiger partial charge in [0, 0.05) is 73.4 Å². The molecule has 170 valence electrons. The van der Waals surface area contributed by atoms with E-state index in [-0.39, 0.29) is 6.03 Å². The summed E-state index contributed by atoms with van der Waals surface area (Å²) in [5.74, 6) is 3.30. The van der Waals surface area contributed by atoms with Crippen LogP contribution in [0.1, 0.15) is 64.7 Å². The fraction of sp³-hybridized carbons (Fsp3) is 0.739. The van der Waals surface area contributed by atoms with Crippen molar-refractivity contribution in [1.29, 1.82) is 0 Å². The predicted octanol–water partition coefficient (Wildman–Crippen LogP) is 2.87. The van der Waals surface area contributed by atoms with Crippen molar-refractivity contribution in [3.8, 4) is 0 Å². The van der Waals surface area contributed by atoms with Crippen LogP contribution in [0.5, 0.6) is 0 Å². The quantitative estimate of drug-likeness (QED) is 0.770. The number of H-pyrrole nitrogens is 1. The van der Waals surface area contributed by atoms with Crippen LogP contribution in [0.25, 0.3) is 0 Å². The van der Waals surface area contributed by atoms with Crippen molar-refractivity contribution in [3.63, 3.8) is 0 Å². The number of hydrogen-bond donors (Lipinski definition) is 1. The lowest BCUT2D eigenvalue weighted by molar-refractivity contribution is -0.116. The number of rotatable bonds is 4. The molecule has 5 fully saturated rings. The third-order valence-corrected chi connectivity index (χ3v) is 9.42. The van der Waals surface area contributed by atoms with E-state index in [1.54, 1.807) is 0 Å². The summed E-state index contributed by atoms with van der Waals surface area (Å²) >= 11 is 1.82. The number of likely N-dealkylation sites (tertiary alicyclic amines) is 3. The number of amides is 2. The van der Waals surface area contributed by atoms with Crippen molar-refractivity contribution < 1.29 is 4.79 Å². The molecule has 0 atom stereocenters. The minimum atomic E-state index is 0.257. The van der Waals surface area contributed by atoms with Crippen LogP contribution in [0.4, 0.5) is 4.79 Å². The highest BCUT2D eigenvalue weighted by Crippen LogP contribution is 2.56. The highest BCUT2D eigenvalue weighted by molar-refractivity contribution is 7.11. The summed E-state index contributed by atoms with van der Waals surface area (Å²) in [5, 5.41) is 9.89. The smallest absolute Gasteiger partial charge is 0.320 e. The van der Waals surface area contributed by atoms with Crippen LogP contribution in [0.3, 0.4) is 0 Å². The zero-order valence-electron chi connectivity index (χ0n) is 18.9. The Morgan fingerprint density at radius 2 is 1.59 bits per heavy atom. The second-order valence-electron chi connectivity index (χ2n) is 11.4. The van der Waals surface area contributed by atoms with E-state index in [9.17, 15) is 4.79 Å². The number of urea groups is 1. The molecule has 2 aromatic heterocycles. The van der Waals surface area contributed by atoms with E-state index in [0.717, 1.165) is 75.3 Å². The predicted molar refractivity (Wildman–Crippen MR) is 121 cm³/mol. The van der Waals surface area contributed by atoms with E-state index in [1.165, 1.54) is 23.4 Å². The van der Waals surface area contributed by atoms with E-state index < -0.39 is 0 Å². The number of carbonyl (C=O) groups excluding carboxylic acids is 1. The third-order valence-electron chi connectivity index (χ3n) is 8.36. The lowest BCUT2D eigenvalue weighted by Crippen LogP contribution is -2.75. The van der Waals surface area contributed by atoms with Gasteiger partial charge in [0.2, 0.25) is 0 Å². The molecule has 8 nitrogen and oxygen atoms in total. The minimum absolute atomic E-state index is 0.257. The SMILES string of the molecule is Cc1nc(C)c(CN2CC3(C2)CN(C(=O)N2CC4(CC(c5nnc(C6CC6)[nH]5)C4)C2)C3)s1. The highest BCUT2D eigenvalue weighted by Gasteiger charge is 2.58. The third kappa shape index (κ3) is 3.04. The number of nitrogens with zero attached hydrogens (tertiary/aromatic N) is 6. The minimum Gasteiger partial charge on any atom is -0.328 e. The van der Waals surface area contributed by atoms with Gasteiger partial charge in [-0.05, 0) is 39.5 Å². The lowest BCUT2D eigenvalue weighted by Gasteiger charge is -2.63. The average Bonchev–Trinajstić information content (AvgIpc) is 3.28. The summed E-state index contributed by atoms with van der Waals surface area (Å²) in [7, 11) is 0. The molecule has 7 rings (SSSR count). The van der Waals surface area contributed by atoms with Crippen LogP contribution in [0.2, 0.25) is 0 Å². The van der Waals surface area contributed by atoms with Crippen molar-refractivity contribution in [2.45, 2.75) is 57.9 Å². The van der Waals surface area contributed by atoms with E-state index >= 15 is 0 Å². The van der Waals surface area contributed by atoms with Gasteiger partial charge >= 0.3 is 6.03 Å². The van der Waals surface area contributed by atoms with Crippen molar-refractivity contribution in [2.75, 3.05) is 39.3 Å². The first-order chi connectivity index (χ1) is 15.4. The fourth-order valence-electron chi connectivity index (χ4n) is 6.59. The van der Waals surface area contributed by atoms with Crippen molar-refractivity contribution in [2.24, 2.45) is 10.8 Å². The van der Waals surface area contributed by atoms with Crippen LogP contribution >= 0.6 is 11.3 Å². The Bertz CT molecular complexity index is 1060. The summed E-state index contributed by atoms with van der Waals surface area (Å²) in [6.45, 7) is 11.1. The first kappa shape index (κ1) is 19.5. The van der Waals surface area contributed by atoms with Crippen LogP contribution in [-0.2, 0) is 6.54 Å². The molecule has 0 radical (unpaired) electrons. The molecule has 2 saturated carbocycles. The summed E-state index contributed by atoms with van der Waals surface area (Å²) in [6.07, 6.45) is 4.79. The lowest BCUT2D eigenvalue weighted by atomic mass is 9.57. The van der Waals surface area contributed by atoms with Crippen LogP contribution in [-0.4, -0.2) is 80.2 Å². The molecule has 3 aliphatic heterocycles. The van der Waals surface area contributed by atoms with Gasteiger partial charge in [0.1, 0.15) is 11.6 Å². The molecule has 2 aromatic rings. The molecule has 9 heteroatoms. The molecular weight excluding hydrogens is 422 g/mol. The number of aromatic nitrogens is 4. The molecule has 0 bridgehead atoms. The van der Waals surface area contributed by atoms with Gasteiger partial charge in [-0.2, -0.15) is 0 Å². The molecule has 2 aliphatic carbocycles. The van der Waals surface area contributed by atoms with E-state index in [1.807, 2.05) is 11.3 Å². The fourth-order valence-corrected chi connectivity index (χ4v) is 7.56. The number of nitrogens with one attached hydrogen (secondary N) is 1. The zero-order chi connectivity index (χ0) is 21.7. The Morgan fingerprint density at radius 1 is 0.969 bits per heavy atom. The Balaban J connectivity index is 0.858. The van der Waals surface area contributed by atoms with Gasteiger partial charge in [0.15, 0.2) is 0 Å². The number of carbonyl (C=O) groups is 1. The summed E-state index contributed by atoms with van der Waals surface area (Å²) in [6, 6.07) is 0.257. The molecule has 0 unspecified atom stereocenters. The largest absolute Gasteiger partial charge is 0.328 e. The zero-order valence-corrected chi connectivity index (χ0v) is 19.7. The average molecular weight is 454 g/mol. The first-order valence-electron chi connectivity index (χ1n) is 12.0. The van der Waals surface area contributed by atoms with Gasteiger partial charge in [0.05, 0.1) is 10.7 Å². The van der Waals surface area contributed by atoms with Crippen LogP contribution in [0.15, 0.2) is 0 Å². The summed E-state index contributed by atoms with van der Waals surface area (Å²) < 4.78 is 0. The summed E-state index contributed by atoms with van der Waals surface area (Å²) in [4.78, 5) is 29.0. The second kappa shape index (κ2) is 6.53. The van der Waals surface area contributed by atoms with Crippen molar-refractivity contribution in [1.82, 2.24) is 34.9 Å². The van der Waals surface area contributed by atoms with Crippen molar-refractivity contribution >= 4 is 17.4 Å². The molecule has 2 amide bonds. The first-order valence-corrected chi connectivity index (χ1v) is 12.8. The summed E-state index contributed by atoms with van der Waals surface area (Å²) in [5.41, 5.74) is 1.86. The molecular formula is C23H31N7OS. The van der Waals surface area contributed by atoms with Crippen LogP contribution < -0.4 is 0 Å². The van der Waals surface area contributed by atoms with Gasteiger partial charge in [-0.1, -0.05) is 0 Å². The molecule has 1 N–H and O–H groups in total. The van der Waals surface area contributed by atoms with E-state index in [2.05, 4.69) is 48.7 Å².